The molecule has 94 valence electrons. The molecular weight excluding hydrogens is 249 g/mol. The second-order valence-corrected chi connectivity index (χ2v) is 4.85. The molecule has 2 rings (SSSR count). The number of hydrogen-bond donors (Lipinski definition) is 1. The number of halogens is 1. The minimum absolute atomic E-state index is 0.219. The molecule has 5 heteroatoms. The number of hydrogen-bond acceptors (Lipinski definition) is 4. The van der Waals surface area contributed by atoms with Crippen molar-refractivity contribution in [2.45, 2.75) is 17.6 Å². The SMILES string of the molecule is CNc1cc(C)nc(CSc2ccc(F)cc2)n1. The van der Waals surface area contributed by atoms with Crippen molar-refractivity contribution in [3.05, 3.63) is 47.7 Å². The van der Waals surface area contributed by atoms with E-state index >= 15 is 0 Å². The number of nitrogens with zero attached hydrogens (tertiary/aromatic N) is 2. The summed E-state index contributed by atoms with van der Waals surface area (Å²) >= 11 is 1.59. The summed E-state index contributed by atoms with van der Waals surface area (Å²) in [5.74, 6) is 2.04. The maximum Gasteiger partial charge on any atom is 0.141 e. The first-order valence-electron chi connectivity index (χ1n) is 5.58. The van der Waals surface area contributed by atoms with E-state index in [4.69, 9.17) is 0 Å². The van der Waals surface area contributed by atoms with Gasteiger partial charge in [0.25, 0.3) is 0 Å². The molecular formula is C13H14FN3S. The summed E-state index contributed by atoms with van der Waals surface area (Å²) in [5.41, 5.74) is 0.934. The third-order valence-corrected chi connectivity index (χ3v) is 3.35. The molecule has 0 fully saturated rings. The maximum absolute atomic E-state index is 12.8. The van der Waals surface area contributed by atoms with Crippen LogP contribution in [0.5, 0.6) is 0 Å². The number of nitrogens with one attached hydrogen (secondary N) is 1. The molecule has 0 amide bonds. The van der Waals surface area contributed by atoms with Crippen LogP contribution in [0.1, 0.15) is 11.5 Å². The predicted molar refractivity (Wildman–Crippen MR) is 72.3 cm³/mol. The van der Waals surface area contributed by atoms with Crippen molar-refractivity contribution >= 4 is 17.6 Å². The smallest absolute Gasteiger partial charge is 0.141 e. The Kier molecular flexibility index (Phi) is 4.15. The summed E-state index contributed by atoms with van der Waals surface area (Å²) in [6.45, 7) is 1.94. The molecule has 0 aliphatic heterocycles. The summed E-state index contributed by atoms with van der Waals surface area (Å²) in [7, 11) is 1.83. The summed E-state index contributed by atoms with van der Waals surface area (Å²) < 4.78 is 12.8. The Hall–Kier alpha value is -1.62. The molecule has 0 aliphatic carbocycles. The van der Waals surface area contributed by atoms with Gasteiger partial charge in [0.2, 0.25) is 0 Å². The Bertz CT molecular complexity index is 528. The number of rotatable bonds is 4. The third-order valence-electron chi connectivity index (χ3n) is 2.34. The Morgan fingerprint density at radius 1 is 1.22 bits per heavy atom. The van der Waals surface area contributed by atoms with Crippen LogP contribution in [0.3, 0.4) is 0 Å². The van der Waals surface area contributed by atoms with Crippen molar-refractivity contribution in [2.75, 3.05) is 12.4 Å². The zero-order chi connectivity index (χ0) is 13.0. The molecule has 0 saturated heterocycles. The van der Waals surface area contributed by atoms with E-state index < -0.39 is 0 Å². The van der Waals surface area contributed by atoms with Gasteiger partial charge in [-0.2, -0.15) is 0 Å². The number of benzene rings is 1. The van der Waals surface area contributed by atoms with Crippen molar-refractivity contribution in [1.29, 1.82) is 0 Å². The molecule has 1 aromatic carbocycles. The molecule has 1 heterocycles. The Balaban J connectivity index is 2.05. The van der Waals surface area contributed by atoms with Crippen LogP contribution in [0.15, 0.2) is 35.2 Å². The van der Waals surface area contributed by atoms with Crippen LogP contribution in [0.25, 0.3) is 0 Å². The van der Waals surface area contributed by atoms with Gasteiger partial charge in [-0.1, -0.05) is 0 Å². The highest BCUT2D eigenvalue weighted by molar-refractivity contribution is 7.98. The molecule has 1 aromatic heterocycles. The van der Waals surface area contributed by atoms with Crippen LogP contribution in [-0.2, 0) is 5.75 Å². The molecule has 0 aliphatic rings. The van der Waals surface area contributed by atoms with E-state index in [1.165, 1.54) is 12.1 Å². The highest BCUT2D eigenvalue weighted by atomic mass is 32.2. The fraction of sp³-hybridized carbons (Fsp3) is 0.231. The average molecular weight is 263 g/mol. The van der Waals surface area contributed by atoms with Crippen LogP contribution in [0.4, 0.5) is 10.2 Å². The van der Waals surface area contributed by atoms with Crippen molar-refractivity contribution in [2.24, 2.45) is 0 Å². The molecule has 18 heavy (non-hydrogen) atoms. The molecule has 3 nitrogen and oxygen atoms in total. The zero-order valence-corrected chi connectivity index (χ0v) is 11.1. The first-order chi connectivity index (χ1) is 8.67. The van der Waals surface area contributed by atoms with Gasteiger partial charge in [0.1, 0.15) is 17.5 Å². The first kappa shape index (κ1) is 12.8. The summed E-state index contributed by atoms with van der Waals surface area (Å²) in [6, 6.07) is 8.33. The number of anilines is 1. The Morgan fingerprint density at radius 2 is 1.94 bits per heavy atom. The quantitative estimate of drug-likeness (QED) is 0.859. The molecule has 0 saturated carbocycles. The van der Waals surface area contributed by atoms with Gasteiger partial charge < -0.3 is 5.32 Å². The van der Waals surface area contributed by atoms with Gasteiger partial charge in [-0.15, -0.1) is 11.8 Å². The minimum Gasteiger partial charge on any atom is -0.373 e. The largest absolute Gasteiger partial charge is 0.373 e. The van der Waals surface area contributed by atoms with E-state index in [2.05, 4.69) is 15.3 Å². The fourth-order valence-electron chi connectivity index (χ4n) is 1.50. The average Bonchev–Trinajstić information content (AvgIpc) is 2.37. The van der Waals surface area contributed by atoms with E-state index in [0.717, 1.165) is 22.2 Å². The van der Waals surface area contributed by atoms with Gasteiger partial charge in [0.05, 0.1) is 5.75 Å². The third kappa shape index (κ3) is 3.43. The van der Waals surface area contributed by atoms with Crippen molar-refractivity contribution < 1.29 is 4.39 Å². The molecule has 0 bridgehead atoms. The van der Waals surface area contributed by atoms with Gasteiger partial charge in [-0.3, -0.25) is 0 Å². The fourth-order valence-corrected chi connectivity index (χ4v) is 2.25. The Morgan fingerprint density at radius 3 is 2.61 bits per heavy atom. The van der Waals surface area contributed by atoms with E-state index in [1.807, 2.05) is 20.0 Å². The van der Waals surface area contributed by atoms with Crippen LogP contribution in [0, 0.1) is 12.7 Å². The standard InChI is InChI=1S/C13H14FN3S/c1-9-7-12(15-2)17-13(16-9)8-18-11-5-3-10(14)4-6-11/h3-7H,8H2,1-2H3,(H,15,16,17). The normalized spacial score (nSPS) is 10.4. The monoisotopic (exact) mass is 263 g/mol. The molecule has 0 atom stereocenters. The second-order valence-electron chi connectivity index (χ2n) is 3.80. The van der Waals surface area contributed by atoms with Crippen molar-refractivity contribution in [3.8, 4) is 0 Å². The van der Waals surface area contributed by atoms with Gasteiger partial charge in [0.15, 0.2) is 0 Å². The van der Waals surface area contributed by atoms with Gasteiger partial charge in [-0.05, 0) is 31.2 Å². The second kappa shape index (κ2) is 5.82. The Labute approximate surface area is 110 Å². The topological polar surface area (TPSA) is 37.8 Å². The number of aromatic nitrogens is 2. The van der Waals surface area contributed by atoms with E-state index in [9.17, 15) is 4.39 Å². The predicted octanol–water partition coefficient (Wildman–Crippen LogP) is 3.26. The lowest BCUT2D eigenvalue weighted by Gasteiger charge is -2.05. The van der Waals surface area contributed by atoms with E-state index in [1.54, 1.807) is 23.9 Å². The molecule has 0 spiro atoms. The van der Waals surface area contributed by atoms with E-state index in [0.29, 0.717) is 5.75 Å². The molecule has 0 unspecified atom stereocenters. The van der Waals surface area contributed by atoms with Crippen LogP contribution in [-0.4, -0.2) is 17.0 Å². The lowest BCUT2D eigenvalue weighted by Crippen LogP contribution is -2.00. The summed E-state index contributed by atoms with van der Waals surface area (Å²) in [5, 5.41) is 3.00. The highest BCUT2D eigenvalue weighted by Gasteiger charge is 2.02. The van der Waals surface area contributed by atoms with E-state index in [-0.39, 0.29) is 5.82 Å². The highest BCUT2D eigenvalue weighted by Crippen LogP contribution is 2.22. The zero-order valence-electron chi connectivity index (χ0n) is 10.3. The number of aryl methyl sites for hydroxylation is 1. The van der Waals surface area contributed by atoms with Gasteiger partial charge in [0, 0.05) is 23.7 Å². The van der Waals surface area contributed by atoms with Gasteiger partial charge >= 0.3 is 0 Å². The van der Waals surface area contributed by atoms with Crippen molar-refractivity contribution in [1.82, 2.24) is 9.97 Å². The summed E-state index contributed by atoms with van der Waals surface area (Å²) in [4.78, 5) is 9.74. The van der Waals surface area contributed by atoms with Crippen LogP contribution < -0.4 is 5.32 Å². The minimum atomic E-state index is -0.219. The number of thioether (sulfide) groups is 1. The lowest BCUT2D eigenvalue weighted by molar-refractivity contribution is 0.626. The van der Waals surface area contributed by atoms with Crippen molar-refractivity contribution in [3.63, 3.8) is 0 Å². The van der Waals surface area contributed by atoms with Crippen LogP contribution >= 0.6 is 11.8 Å². The first-order valence-corrected chi connectivity index (χ1v) is 6.56. The maximum atomic E-state index is 12.8. The van der Waals surface area contributed by atoms with Crippen LogP contribution in [0.2, 0.25) is 0 Å². The van der Waals surface area contributed by atoms with Gasteiger partial charge in [-0.25, -0.2) is 14.4 Å². The summed E-state index contributed by atoms with van der Waals surface area (Å²) in [6.07, 6.45) is 0. The molecule has 0 radical (unpaired) electrons. The lowest BCUT2D eigenvalue weighted by atomic mass is 10.4. The molecule has 1 N–H and O–H groups in total. The molecule has 2 aromatic rings.